The number of piperidine rings is 1. The number of rotatable bonds is 5. The average Bonchev–Trinajstić information content (AvgIpc) is 2.46. The standard InChI is InChI=1S/C17H32N2O3/c1-5-21-17(20)15(4)19-8-6-16(7-9-19)12-18-10-13(2)22-14(3)11-18/h13-16H,5-12H2,1-4H3. The first kappa shape index (κ1) is 17.7. The topological polar surface area (TPSA) is 42.0 Å². The summed E-state index contributed by atoms with van der Waals surface area (Å²) in [5, 5.41) is 0. The number of morpholine rings is 1. The number of esters is 1. The largest absolute Gasteiger partial charge is 0.465 e. The average molecular weight is 312 g/mol. The second-order valence-electron chi connectivity index (χ2n) is 6.88. The molecule has 2 saturated heterocycles. The van der Waals surface area contributed by atoms with Crippen LogP contribution in [0.15, 0.2) is 0 Å². The van der Waals surface area contributed by atoms with Crippen molar-refractivity contribution in [3.05, 3.63) is 0 Å². The second kappa shape index (κ2) is 8.27. The SMILES string of the molecule is CCOC(=O)C(C)N1CCC(CN2CC(C)OC(C)C2)CC1. The lowest BCUT2D eigenvalue weighted by Crippen LogP contribution is -2.49. The van der Waals surface area contributed by atoms with Crippen molar-refractivity contribution in [2.75, 3.05) is 39.3 Å². The fourth-order valence-electron chi connectivity index (χ4n) is 3.73. The van der Waals surface area contributed by atoms with E-state index in [0.717, 1.165) is 32.1 Å². The maximum atomic E-state index is 11.8. The van der Waals surface area contributed by atoms with Gasteiger partial charge in [0, 0.05) is 19.6 Å². The van der Waals surface area contributed by atoms with E-state index in [1.165, 1.54) is 19.4 Å². The molecule has 3 atom stereocenters. The summed E-state index contributed by atoms with van der Waals surface area (Å²) in [6.45, 7) is 13.9. The number of hydrogen-bond donors (Lipinski definition) is 0. The molecule has 0 bridgehead atoms. The summed E-state index contributed by atoms with van der Waals surface area (Å²) in [5.74, 6) is 0.653. The molecule has 2 fully saturated rings. The number of carbonyl (C=O) groups excluding carboxylic acids is 1. The summed E-state index contributed by atoms with van der Waals surface area (Å²) in [4.78, 5) is 16.6. The number of likely N-dealkylation sites (tertiary alicyclic amines) is 1. The van der Waals surface area contributed by atoms with Crippen LogP contribution >= 0.6 is 0 Å². The van der Waals surface area contributed by atoms with Gasteiger partial charge in [-0.2, -0.15) is 0 Å². The Bertz CT molecular complexity index is 346. The van der Waals surface area contributed by atoms with Gasteiger partial charge in [0.15, 0.2) is 0 Å². The lowest BCUT2D eigenvalue weighted by atomic mass is 9.94. The molecule has 2 heterocycles. The molecule has 0 aliphatic carbocycles. The van der Waals surface area contributed by atoms with E-state index >= 15 is 0 Å². The molecule has 5 heteroatoms. The molecule has 0 aromatic carbocycles. The molecule has 2 aliphatic heterocycles. The van der Waals surface area contributed by atoms with Crippen molar-refractivity contribution >= 4 is 5.97 Å². The van der Waals surface area contributed by atoms with Crippen molar-refractivity contribution in [3.63, 3.8) is 0 Å². The van der Waals surface area contributed by atoms with E-state index in [0.29, 0.717) is 18.8 Å². The first-order valence-corrected chi connectivity index (χ1v) is 8.78. The van der Waals surface area contributed by atoms with Gasteiger partial charge in [0.05, 0.1) is 18.8 Å². The molecule has 3 unspecified atom stereocenters. The monoisotopic (exact) mass is 312 g/mol. The number of nitrogens with zero attached hydrogens (tertiary/aromatic N) is 2. The Kier molecular flexibility index (Phi) is 6.66. The third-order valence-corrected chi connectivity index (χ3v) is 4.84. The maximum Gasteiger partial charge on any atom is 0.323 e. The van der Waals surface area contributed by atoms with E-state index in [1.807, 2.05) is 13.8 Å². The smallest absolute Gasteiger partial charge is 0.323 e. The Morgan fingerprint density at radius 2 is 1.82 bits per heavy atom. The molecule has 0 aromatic heterocycles. The van der Waals surface area contributed by atoms with E-state index in [1.54, 1.807) is 0 Å². The Morgan fingerprint density at radius 1 is 1.23 bits per heavy atom. The van der Waals surface area contributed by atoms with Crippen molar-refractivity contribution < 1.29 is 14.3 Å². The van der Waals surface area contributed by atoms with Crippen LogP contribution in [0, 0.1) is 5.92 Å². The van der Waals surface area contributed by atoms with Crippen LogP contribution < -0.4 is 0 Å². The molecule has 128 valence electrons. The fourth-order valence-corrected chi connectivity index (χ4v) is 3.73. The summed E-state index contributed by atoms with van der Waals surface area (Å²) in [5.41, 5.74) is 0. The van der Waals surface area contributed by atoms with Gasteiger partial charge in [0.2, 0.25) is 0 Å². The van der Waals surface area contributed by atoms with E-state index < -0.39 is 0 Å². The number of ether oxygens (including phenoxy) is 2. The summed E-state index contributed by atoms with van der Waals surface area (Å²) >= 11 is 0. The third-order valence-electron chi connectivity index (χ3n) is 4.84. The van der Waals surface area contributed by atoms with E-state index in [2.05, 4.69) is 23.6 Å². The van der Waals surface area contributed by atoms with Crippen LogP contribution in [0.1, 0.15) is 40.5 Å². The summed E-state index contributed by atoms with van der Waals surface area (Å²) in [6, 6.07) is -0.107. The van der Waals surface area contributed by atoms with E-state index in [4.69, 9.17) is 9.47 Å². The fraction of sp³-hybridized carbons (Fsp3) is 0.941. The summed E-state index contributed by atoms with van der Waals surface area (Å²) < 4.78 is 10.9. The van der Waals surface area contributed by atoms with Crippen LogP contribution in [0.2, 0.25) is 0 Å². The third kappa shape index (κ3) is 4.93. The van der Waals surface area contributed by atoms with Gasteiger partial charge >= 0.3 is 5.97 Å². The molecule has 0 N–H and O–H groups in total. The molecule has 0 saturated carbocycles. The van der Waals surface area contributed by atoms with Gasteiger partial charge in [-0.15, -0.1) is 0 Å². The predicted octanol–water partition coefficient (Wildman–Crippen LogP) is 1.76. The van der Waals surface area contributed by atoms with Crippen LogP contribution in [0.5, 0.6) is 0 Å². The Labute approximate surface area is 134 Å². The van der Waals surface area contributed by atoms with Gasteiger partial charge in [-0.3, -0.25) is 14.6 Å². The van der Waals surface area contributed by atoms with Gasteiger partial charge < -0.3 is 9.47 Å². The first-order chi connectivity index (χ1) is 10.5. The lowest BCUT2D eigenvalue weighted by molar-refractivity contribution is -0.149. The predicted molar refractivity (Wildman–Crippen MR) is 86.8 cm³/mol. The molecular weight excluding hydrogens is 280 g/mol. The Morgan fingerprint density at radius 3 is 2.36 bits per heavy atom. The van der Waals surface area contributed by atoms with Crippen LogP contribution in [0.25, 0.3) is 0 Å². The highest BCUT2D eigenvalue weighted by Crippen LogP contribution is 2.22. The second-order valence-corrected chi connectivity index (χ2v) is 6.88. The Balaban J connectivity index is 1.74. The lowest BCUT2D eigenvalue weighted by Gasteiger charge is -2.40. The van der Waals surface area contributed by atoms with Gasteiger partial charge in [-0.25, -0.2) is 0 Å². The van der Waals surface area contributed by atoms with Crippen LogP contribution in [0.4, 0.5) is 0 Å². The normalized spacial score (nSPS) is 30.2. The molecular formula is C17H32N2O3. The minimum Gasteiger partial charge on any atom is -0.465 e. The summed E-state index contributed by atoms with van der Waals surface area (Å²) in [7, 11) is 0. The van der Waals surface area contributed by atoms with Gasteiger partial charge in [-0.05, 0) is 59.5 Å². The van der Waals surface area contributed by atoms with Crippen LogP contribution in [-0.2, 0) is 14.3 Å². The van der Waals surface area contributed by atoms with Gasteiger partial charge in [0.25, 0.3) is 0 Å². The quantitative estimate of drug-likeness (QED) is 0.724. The molecule has 5 nitrogen and oxygen atoms in total. The number of hydrogen-bond acceptors (Lipinski definition) is 5. The minimum absolute atomic E-state index is 0.0863. The van der Waals surface area contributed by atoms with Gasteiger partial charge in [0.1, 0.15) is 6.04 Å². The van der Waals surface area contributed by atoms with Crippen molar-refractivity contribution in [1.82, 2.24) is 9.80 Å². The molecule has 0 spiro atoms. The minimum atomic E-state index is -0.107. The highest BCUT2D eigenvalue weighted by molar-refractivity contribution is 5.75. The van der Waals surface area contributed by atoms with Gasteiger partial charge in [-0.1, -0.05) is 0 Å². The molecule has 0 aromatic rings. The highest BCUT2D eigenvalue weighted by Gasteiger charge is 2.30. The highest BCUT2D eigenvalue weighted by atomic mass is 16.5. The zero-order valence-electron chi connectivity index (χ0n) is 14.6. The van der Waals surface area contributed by atoms with Crippen LogP contribution in [-0.4, -0.2) is 73.3 Å². The zero-order valence-corrected chi connectivity index (χ0v) is 14.6. The van der Waals surface area contributed by atoms with E-state index in [9.17, 15) is 4.79 Å². The summed E-state index contributed by atoms with van der Waals surface area (Å²) in [6.07, 6.45) is 3.02. The molecule has 2 rings (SSSR count). The van der Waals surface area contributed by atoms with Crippen molar-refractivity contribution in [2.45, 2.75) is 58.8 Å². The van der Waals surface area contributed by atoms with Crippen molar-refractivity contribution in [3.8, 4) is 0 Å². The first-order valence-electron chi connectivity index (χ1n) is 8.78. The maximum absolute atomic E-state index is 11.8. The molecule has 2 aliphatic rings. The molecule has 22 heavy (non-hydrogen) atoms. The Hall–Kier alpha value is -0.650. The van der Waals surface area contributed by atoms with Crippen molar-refractivity contribution in [1.29, 1.82) is 0 Å². The zero-order chi connectivity index (χ0) is 16.1. The molecule has 0 radical (unpaired) electrons. The van der Waals surface area contributed by atoms with Crippen LogP contribution in [0.3, 0.4) is 0 Å². The van der Waals surface area contributed by atoms with E-state index in [-0.39, 0.29) is 12.0 Å². The van der Waals surface area contributed by atoms with Crippen molar-refractivity contribution in [2.24, 2.45) is 5.92 Å². The number of carbonyl (C=O) groups is 1. The molecule has 0 amide bonds.